The first-order chi connectivity index (χ1) is 6.56. The normalized spacial score (nSPS) is 17.3. The number of carbonyl (C=O) groups is 1. The molecule has 0 aliphatic heterocycles. The zero-order valence-electron chi connectivity index (χ0n) is 8.71. The molecule has 4 N–H and O–H groups in total. The topological polar surface area (TPSA) is 82.2 Å². The minimum absolute atomic E-state index is 0.0605. The van der Waals surface area contributed by atoms with Gasteiger partial charge in [-0.2, -0.15) is 0 Å². The van der Waals surface area contributed by atoms with Gasteiger partial charge in [-0.25, -0.2) is 4.79 Å². The standard InChI is InChI=1S/C9H18N4O/c1-3-13(2)9(14)12-7(8(10)11)6-4-5-6/h6-7H,3-5H2,1-2H3,(H3,10,11)(H,12,14). The molecular formula is C9H18N4O. The van der Waals surface area contributed by atoms with Crippen molar-refractivity contribution < 1.29 is 4.79 Å². The summed E-state index contributed by atoms with van der Waals surface area (Å²) >= 11 is 0. The summed E-state index contributed by atoms with van der Waals surface area (Å²) in [5.41, 5.74) is 5.42. The van der Waals surface area contributed by atoms with Crippen molar-refractivity contribution in [2.75, 3.05) is 13.6 Å². The fourth-order valence-electron chi connectivity index (χ4n) is 1.27. The van der Waals surface area contributed by atoms with Gasteiger partial charge in [-0.05, 0) is 25.7 Å². The van der Waals surface area contributed by atoms with E-state index in [1.54, 1.807) is 11.9 Å². The number of amidine groups is 1. The van der Waals surface area contributed by atoms with Crippen LogP contribution in [-0.4, -0.2) is 36.4 Å². The van der Waals surface area contributed by atoms with Gasteiger partial charge < -0.3 is 16.0 Å². The molecular weight excluding hydrogens is 180 g/mol. The molecule has 0 aromatic heterocycles. The lowest BCUT2D eigenvalue weighted by Gasteiger charge is -2.21. The minimum Gasteiger partial charge on any atom is -0.386 e. The van der Waals surface area contributed by atoms with E-state index < -0.39 is 0 Å². The third-order valence-corrected chi connectivity index (χ3v) is 2.53. The Morgan fingerprint density at radius 2 is 2.29 bits per heavy atom. The second-order valence-electron chi connectivity index (χ2n) is 3.73. The van der Waals surface area contributed by atoms with E-state index >= 15 is 0 Å². The molecule has 14 heavy (non-hydrogen) atoms. The van der Waals surface area contributed by atoms with Crippen LogP contribution < -0.4 is 11.1 Å². The summed E-state index contributed by atoms with van der Waals surface area (Å²) in [5.74, 6) is 0.437. The third kappa shape index (κ3) is 2.61. The molecule has 80 valence electrons. The highest BCUT2D eigenvalue weighted by Gasteiger charge is 2.34. The predicted molar refractivity (Wildman–Crippen MR) is 55.3 cm³/mol. The van der Waals surface area contributed by atoms with E-state index in [-0.39, 0.29) is 17.9 Å². The highest BCUT2D eigenvalue weighted by molar-refractivity contribution is 5.88. The van der Waals surface area contributed by atoms with E-state index in [1.807, 2.05) is 6.92 Å². The highest BCUT2D eigenvalue weighted by Crippen LogP contribution is 2.32. The molecule has 1 aliphatic rings. The predicted octanol–water partition coefficient (Wildman–Crippen LogP) is 0.362. The molecule has 1 rings (SSSR count). The van der Waals surface area contributed by atoms with Gasteiger partial charge in [0.1, 0.15) is 5.84 Å². The van der Waals surface area contributed by atoms with Crippen LogP contribution in [0.25, 0.3) is 0 Å². The van der Waals surface area contributed by atoms with Crippen molar-refractivity contribution in [3.63, 3.8) is 0 Å². The van der Waals surface area contributed by atoms with Crippen molar-refractivity contribution in [3.05, 3.63) is 0 Å². The molecule has 1 aliphatic carbocycles. The molecule has 1 atom stereocenters. The van der Waals surface area contributed by atoms with Gasteiger partial charge in [-0.1, -0.05) is 0 Å². The van der Waals surface area contributed by atoms with Crippen molar-refractivity contribution in [2.45, 2.75) is 25.8 Å². The molecule has 0 aromatic carbocycles. The fourth-order valence-corrected chi connectivity index (χ4v) is 1.27. The Balaban J connectivity index is 2.46. The molecule has 0 heterocycles. The van der Waals surface area contributed by atoms with E-state index in [2.05, 4.69) is 5.32 Å². The molecule has 0 spiro atoms. The van der Waals surface area contributed by atoms with Crippen molar-refractivity contribution in [1.82, 2.24) is 10.2 Å². The summed E-state index contributed by atoms with van der Waals surface area (Å²) in [4.78, 5) is 13.1. The van der Waals surface area contributed by atoms with Crippen LogP contribution >= 0.6 is 0 Å². The first-order valence-corrected chi connectivity index (χ1v) is 4.91. The van der Waals surface area contributed by atoms with E-state index in [1.165, 1.54) is 0 Å². The molecule has 1 unspecified atom stereocenters. The van der Waals surface area contributed by atoms with Crippen LogP contribution in [0.3, 0.4) is 0 Å². The van der Waals surface area contributed by atoms with E-state index in [9.17, 15) is 4.79 Å². The average molecular weight is 198 g/mol. The van der Waals surface area contributed by atoms with Crippen LogP contribution in [0.4, 0.5) is 4.79 Å². The van der Waals surface area contributed by atoms with Gasteiger partial charge in [0.2, 0.25) is 0 Å². The summed E-state index contributed by atoms with van der Waals surface area (Å²) < 4.78 is 0. The van der Waals surface area contributed by atoms with Crippen LogP contribution in [0, 0.1) is 11.3 Å². The first kappa shape index (κ1) is 10.8. The van der Waals surface area contributed by atoms with Gasteiger partial charge in [0.15, 0.2) is 0 Å². The maximum Gasteiger partial charge on any atom is 0.317 e. The summed E-state index contributed by atoms with van der Waals surface area (Å²) in [6.07, 6.45) is 2.11. The SMILES string of the molecule is CCN(C)C(=O)NC(C(=N)N)C1CC1. The zero-order valence-corrected chi connectivity index (χ0v) is 8.71. The number of carbonyl (C=O) groups excluding carboxylic acids is 1. The number of urea groups is 1. The van der Waals surface area contributed by atoms with Crippen LogP contribution in [0.2, 0.25) is 0 Å². The Morgan fingerprint density at radius 3 is 2.64 bits per heavy atom. The Bertz CT molecular complexity index is 237. The van der Waals surface area contributed by atoms with Gasteiger partial charge in [0.05, 0.1) is 6.04 Å². The number of nitrogens with one attached hydrogen (secondary N) is 2. The zero-order chi connectivity index (χ0) is 10.7. The van der Waals surface area contributed by atoms with Crippen LogP contribution in [0.15, 0.2) is 0 Å². The molecule has 0 aromatic rings. The van der Waals surface area contributed by atoms with E-state index in [4.69, 9.17) is 11.1 Å². The lowest BCUT2D eigenvalue weighted by molar-refractivity contribution is 0.208. The third-order valence-electron chi connectivity index (χ3n) is 2.53. The van der Waals surface area contributed by atoms with Crippen LogP contribution in [-0.2, 0) is 0 Å². The molecule has 0 bridgehead atoms. The Kier molecular flexibility index (Phi) is 3.33. The molecule has 1 fully saturated rings. The number of hydrogen-bond donors (Lipinski definition) is 3. The molecule has 5 heteroatoms. The first-order valence-electron chi connectivity index (χ1n) is 4.91. The quantitative estimate of drug-likeness (QED) is 0.450. The lowest BCUT2D eigenvalue weighted by Crippen LogP contribution is -2.49. The van der Waals surface area contributed by atoms with E-state index in [0.29, 0.717) is 12.5 Å². The minimum atomic E-state index is -0.267. The Morgan fingerprint density at radius 1 is 1.71 bits per heavy atom. The summed E-state index contributed by atoms with van der Waals surface area (Å²) in [6, 6.07) is -0.420. The molecule has 2 amide bonds. The number of hydrogen-bond acceptors (Lipinski definition) is 2. The van der Waals surface area contributed by atoms with Gasteiger partial charge in [0.25, 0.3) is 0 Å². The Labute approximate surface area is 84.1 Å². The number of amides is 2. The second kappa shape index (κ2) is 4.30. The lowest BCUT2D eigenvalue weighted by atomic mass is 10.2. The van der Waals surface area contributed by atoms with Gasteiger partial charge in [-0.3, -0.25) is 5.41 Å². The maximum atomic E-state index is 11.5. The molecule has 0 saturated heterocycles. The second-order valence-corrected chi connectivity index (χ2v) is 3.73. The van der Waals surface area contributed by atoms with Crippen molar-refractivity contribution in [2.24, 2.45) is 11.7 Å². The van der Waals surface area contributed by atoms with E-state index in [0.717, 1.165) is 12.8 Å². The van der Waals surface area contributed by atoms with Crippen molar-refractivity contribution in [3.8, 4) is 0 Å². The summed E-state index contributed by atoms with van der Waals surface area (Å²) in [7, 11) is 1.72. The highest BCUT2D eigenvalue weighted by atomic mass is 16.2. The number of nitrogens with two attached hydrogens (primary N) is 1. The van der Waals surface area contributed by atoms with Crippen LogP contribution in [0.5, 0.6) is 0 Å². The van der Waals surface area contributed by atoms with Gasteiger partial charge in [-0.15, -0.1) is 0 Å². The Hall–Kier alpha value is -1.26. The molecule has 0 radical (unpaired) electrons. The largest absolute Gasteiger partial charge is 0.386 e. The molecule has 5 nitrogen and oxygen atoms in total. The number of nitrogens with zero attached hydrogens (tertiary/aromatic N) is 1. The van der Waals surface area contributed by atoms with Crippen LogP contribution in [0.1, 0.15) is 19.8 Å². The summed E-state index contributed by atoms with van der Waals surface area (Å²) in [5, 5.41) is 10.1. The van der Waals surface area contributed by atoms with Crippen molar-refractivity contribution in [1.29, 1.82) is 5.41 Å². The van der Waals surface area contributed by atoms with Gasteiger partial charge in [0, 0.05) is 13.6 Å². The summed E-state index contributed by atoms with van der Waals surface area (Å²) in [6.45, 7) is 2.56. The average Bonchev–Trinajstić information content (AvgIpc) is 2.95. The van der Waals surface area contributed by atoms with Crippen molar-refractivity contribution >= 4 is 11.9 Å². The number of rotatable bonds is 4. The fraction of sp³-hybridized carbons (Fsp3) is 0.778. The maximum absolute atomic E-state index is 11.5. The van der Waals surface area contributed by atoms with Gasteiger partial charge >= 0.3 is 6.03 Å². The monoisotopic (exact) mass is 198 g/mol. The molecule has 1 saturated carbocycles. The smallest absolute Gasteiger partial charge is 0.317 e.